The molecule has 2 saturated heterocycles. The molecule has 13 heteroatoms. The zero-order valence-corrected chi connectivity index (χ0v) is 31.6. The molecule has 5 aliphatic rings. The summed E-state index contributed by atoms with van der Waals surface area (Å²) >= 11 is 0. The summed E-state index contributed by atoms with van der Waals surface area (Å²) in [5.41, 5.74) is -8.79. The molecular weight excluding hydrogens is 688 g/mol. The van der Waals surface area contributed by atoms with Crippen molar-refractivity contribution in [1.82, 2.24) is 0 Å². The van der Waals surface area contributed by atoms with Crippen molar-refractivity contribution in [1.29, 1.82) is 0 Å². The SMILES string of the molecule is COc1cccc2c(=O)c3c(OC)cc4c(c3oc12)[C@@H](OC(=O)C12CCC(C)(C(=O)O1)C2(C)C)[C@@H](OC(=O)C12CCC(C)(C(=O)O1)C2(C)C)C(C)(C)O4. The van der Waals surface area contributed by atoms with Crippen molar-refractivity contribution < 1.29 is 56.8 Å². The van der Waals surface area contributed by atoms with Gasteiger partial charge in [-0.15, -0.1) is 0 Å². The Bertz CT molecular complexity index is 2250. The lowest BCUT2D eigenvalue weighted by Gasteiger charge is -2.46. The van der Waals surface area contributed by atoms with E-state index in [4.69, 9.17) is 37.6 Å². The molecule has 0 amide bonds. The van der Waals surface area contributed by atoms with Crippen LogP contribution >= 0.6 is 0 Å². The minimum absolute atomic E-state index is 0.0247. The molecule has 0 N–H and O–H groups in total. The Labute approximate surface area is 305 Å². The topological polar surface area (TPSA) is 163 Å². The van der Waals surface area contributed by atoms with Crippen molar-refractivity contribution in [3.05, 3.63) is 40.1 Å². The van der Waals surface area contributed by atoms with E-state index in [1.54, 1.807) is 73.6 Å². The predicted octanol–water partition coefficient (Wildman–Crippen LogP) is 5.87. The Morgan fingerprint density at radius 1 is 0.698 bits per heavy atom. The molecule has 53 heavy (non-hydrogen) atoms. The second kappa shape index (κ2) is 10.4. The van der Waals surface area contributed by atoms with Gasteiger partial charge >= 0.3 is 23.9 Å². The maximum atomic E-state index is 14.8. The minimum Gasteiger partial charge on any atom is -0.496 e. The minimum atomic E-state index is -1.66. The summed E-state index contributed by atoms with van der Waals surface area (Å²) in [7, 11) is 2.84. The fourth-order valence-electron chi connectivity index (χ4n) is 9.67. The summed E-state index contributed by atoms with van der Waals surface area (Å²) in [4.78, 5) is 70.1. The molecule has 8 rings (SSSR count). The van der Waals surface area contributed by atoms with E-state index in [2.05, 4.69) is 0 Å². The van der Waals surface area contributed by atoms with Gasteiger partial charge in [-0.25, -0.2) is 9.59 Å². The lowest BCUT2D eigenvalue weighted by molar-refractivity contribution is -0.217. The number of ether oxygens (including phenoxy) is 7. The summed E-state index contributed by atoms with van der Waals surface area (Å²) in [5.74, 6) is -2.14. The van der Waals surface area contributed by atoms with Crippen molar-refractivity contribution in [2.75, 3.05) is 14.2 Å². The monoisotopic (exact) mass is 732 g/mol. The quantitative estimate of drug-likeness (QED) is 0.168. The molecule has 2 aliphatic carbocycles. The van der Waals surface area contributed by atoms with Crippen LogP contribution in [0.15, 0.2) is 33.5 Å². The number of hydrogen-bond acceptors (Lipinski definition) is 13. The summed E-state index contributed by atoms with van der Waals surface area (Å²) in [6, 6.07) is 6.40. The van der Waals surface area contributed by atoms with Crippen molar-refractivity contribution in [3.8, 4) is 17.2 Å². The molecule has 3 aromatic rings. The number of methoxy groups -OCH3 is 2. The average Bonchev–Trinajstić information content (AvgIpc) is 3.56. The van der Waals surface area contributed by atoms with Crippen LogP contribution in [-0.2, 0) is 38.1 Å². The van der Waals surface area contributed by atoms with Crippen molar-refractivity contribution in [2.24, 2.45) is 21.7 Å². The van der Waals surface area contributed by atoms with Gasteiger partial charge in [0.15, 0.2) is 29.1 Å². The molecule has 3 aliphatic heterocycles. The van der Waals surface area contributed by atoms with E-state index in [0.717, 1.165) is 0 Å². The van der Waals surface area contributed by atoms with Gasteiger partial charge in [-0.3, -0.25) is 14.4 Å². The van der Waals surface area contributed by atoms with Crippen LogP contribution in [0.5, 0.6) is 17.2 Å². The number of para-hydroxylation sites is 1. The molecule has 6 atom stereocenters. The second-order valence-corrected chi connectivity index (χ2v) is 17.2. The first-order valence-corrected chi connectivity index (χ1v) is 17.9. The molecule has 2 saturated carbocycles. The first-order valence-electron chi connectivity index (χ1n) is 17.9. The summed E-state index contributed by atoms with van der Waals surface area (Å²) < 4.78 is 49.0. The van der Waals surface area contributed by atoms with Crippen LogP contribution in [0.25, 0.3) is 21.9 Å². The zero-order chi connectivity index (χ0) is 38.5. The van der Waals surface area contributed by atoms with E-state index in [1.165, 1.54) is 20.3 Å². The number of rotatable bonds is 6. The molecule has 13 nitrogen and oxygen atoms in total. The van der Waals surface area contributed by atoms with Gasteiger partial charge in [0, 0.05) is 16.9 Å². The third-order valence-electron chi connectivity index (χ3n) is 14.3. The first kappa shape index (κ1) is 35.2. The fraction of sp³-hybridized carbons (Fsp3) is 0.575. The van der Waals surface area contributed by atoms with Crippen LogP contribution in [-0.4, -0.2) is 61.0 Å². The van der Waals surface area contributed by atoms with E-state index in [9.17, 15) is 24.0 Å². The molecule has 4 bridgehead atoms. The highest BCUT2D eigenvalue weighted by Crippen LogP contribution is 2.68. The van der Waals surface area contributed by atoms with Crippen molar-refractivity contribution >= 4 is 45.8 Å². The van der Waals surface area contributed by atoms with Crippen LogP contribution in [0.1, 0.15) is 92.7 Å². The Balaban J connectivity index is 1.35. The molecule has 4 fully saturated rings. The number of esters is 4. The van der Waals surface area contributed by atoms with Crippen LogP contribution in [0, 0.1) is 21.7 Å². The smallest absolute Gasteiger partial charge is 0.351 e. The van der Waals surface area contributed by atoms with Gasteiger partial charge in [0.05, 0.1) is 36.0 Å². The molecule has 4 heterocycles. The molecule has 282 valence electrons. The maximum absolute atomic E-state index is 14.8. The highest BCUT2D eigenvalue weighted by atomic mass is 16.7. The molecule has 2 aromatic carbocycles. The summed E-state index contributed by atoms with van der Waals surface area (Å²) in [6.45, 7) is 14.1. The standard InChI is InChI=1S/C40H44O13/c1-34(2)29(50-33(45)40-17-15-38(8,31(43)53-40)36(40,5)6)28(49-32(44)39-16-14-37(7,30(42)52-39)35(39,3)4)24-22(51-34)18-21(47-10)23-25(41)19-12-11-13-20(46-9)26(19)48-27(23)24/h11-13,18,28-29H,14-17H2,1-10H3/t28-,29-,37?,38?,39?,40?/m1/s1. The molecule has 0 spiro atoms. The average molecular weight is 733 g/mol. The summed E-state index contributed by atoms with van der Waals surface area (Å²) in [6.07, 6.45) is -1.66. The predicted molar refractivity (Wildman–Crippen MR) is 186 cm³/mol. The number of benzene rings is 2. The Hall–Kier alpha value is -4.81. The van der Waals surface area contributed by atoms with Crippen molar-refractivity contribution in [2.45, 2.75) is 110 Å². The second-order valence-electron chi connectivity index (χ2n) is 17.2. The Kier molecular flexibility index (Phi) is 6.94. The Morgan fingerprint density at radius 3 is 1.74 bits per heavy atom. The van der Waals surface area contributed by atoms with Gasteiger partial charge in [0.1, 0.15) is 22.5 Å². The number of carbonyl (C=O) groups excluding carboxylic acids is 4. The molecule has 1 aromatic heterocycles. The van der Waals surface area contributed by atoms with Gasteiger partial charge in [-0.2, -0.15) is 0 Å². The zero-order valence-electron chi connectivity index (χ0n) is 31.6. The van der Waals surface area contributed by atoms with Crippen molar-refractivity contribution in [3.63, 3.8) is 0 Å². The molecule has 4 unspecified atom stereocenters. The largest absolute Gasteiger partial charge is 0.496 e. The van der Waals surface area contributed by atoms with E-state index >= 15 is 0 Å². The highest BCUT2D eigenvalue weighted by molar-refractivity contribution is 5.99. The number of carbonyl (C=O) groups is 4. The van der Waals surface area contributed by atoms with Gasteiger partial charge < -0.3 is 37.6 Å². The van der Waals surface area contributed by atoms with Crippen LogP contribution in [0.4, 0.5) is 0 Å². The van der Waals surface area contributed by atoms with Crippen LogP contribution < -0.4 is 19.6 Å². The normalized spacial score (nSPS) is 33.9. The lowest BCUT2D eigenvalue weighted by atomic mass is 9.66. The van der Waals surface area contributed by atoms with Gasteiger partial charge in [0.2, 0.25) is 16.6 Å². The van der Waals surface area contributed by atoms with E-state index in [1.807, 2.05) is 0 Å². The molecule has 0 radical (unpaired) electrons. The maximum Gasteiger partial charge on any atom is 0.351 e. The fourth-order valence-corrected chi connectivity index (χ4v) is 9.67. The number of fused-ring (bicyclic) bond motifs is 8. The highest BCUT2D eigenvalue weighted by Gasteiger charge is 2.78. The lowest BCUT2D eigenvalue weighted by Crippen LogP contribution is -2.57. The Morgan fingerprint density at radius 2 is 1.25 bits per heavy atom. The number of hydrogen-bond donors (Lipinski definition) is 0. The van der Waals surface area contributed by atoms with Gasteiger partial charge in [-0.1, -0.05) is 33.8 Å². The third-order valence-corrected chi connectivity index (χ3v) is 14.3. The molecular formula is C40H44O13. The van der Waals surface area contributed by atoms with Gasteiger partial charge in [-0.05, 0) is 65.5 Å². The summed E-state index contributed by atoms with van der Waals surface area (Å²) in [5, 5.41) is 0.234. The van der Waals surface area contributed by atoms with E-state index < -0.39 is 80.0 Å². The first-order chi connectivity index (χ1) is 24.7. The van der Waals surface area contributed by atoms with E-state index in [0.29, 0.717) is 12.8 Å². The third kappa shape index (κ3) is 3.95. The van der Waals surface area contributed by atoms with E-state index in [-0.39, 0.29) is 57.6 Å². The van der Waals surface area contributed by atoms with Crippen LogP contribution in [0.3, 0.4) is 0 Å². The van der Waals surface area contributed by atoms with Gasteiger partial charge in [0.25, 0.3) is 0 Å². The van der Waals surface area contributed by atoms with Crippen LogP contribution in [0.2, 0.25) is 0 Å².